The van der Waals surface area contributed by atoms with Gasteiger partial charge in [0.1, 0.15) is 0 Å². The molecule has 0 spiro atoms. The highest BCUT2D eigenvalue weighted by Crippen LogP contribution is 1.97. The SMILES string of the molecule is C#CCNC(=O)CN(C)Cc1ccccn1. The Balaban J connectivity index is 2.34. The fourth-order valence-electron chi connectivity index (χ4n) is 1.27. The molecule has 0 saturated carbocycles. The number of carbonyl (C=O) groups excluding carboxylic acids is 1. The van der Waals surface area contributed by atoms with Crippen LogP contribution in [0, 0.1) is 12.3 Å². The van der Waals surface area contributed by atoms with Crippen molar-refractivity contribution in [3.63, 3.8) is 0 Å². The first-order valence-electron chi connectivity index (χ1n) is 5.01. The first-order valence-corrected chi connectivity index (χ1v) is 5.01. The van der Waals surface area contributed by atoms with Gasteiger partial charge in [0.2, 0.25) is 5.91 Å². The highest BCUT2D eigenvalue weighted by molar-refractivity contribution is 5.78. The highest BCUT2D eigenvalue weighted by Gasteiger charge is 2.06. The fourth-order valence-corrected chi connectivity index (χ4v) is 1.27. The van der Waals surface area contributed by atoms with Crippen molar-refractivity contribution in [3.8, 4) is 12.3 Å². The molecule has 0 radical (unpaired) electrons. The van der Waals surface area contributed by atoms with Crippen LogP contribution in [0.2, 0.25) is 0 Å². The Labute approximate surface area is 95.7 Å². The zero-order valence-corrected chi connectivity index (χ0v) is 9.31. The molecule has 1 rings (SSSR count). The third kappa shape index (κ3) is 4.58. The van der Waals surface area contributed by atoms with Crippen molar-refractivity contribution < 1.29 is 4.79 Å². The maximum Gasteiger partial charge on any atom is 0.234 e. The molecule has 1 heterocycles. The molecule has 0 unspecified atom stereocenters. The van der Waals surface area contributed by atoms with Gasteiger partial charge in [-0.3, -0.25) is 14.7 Å². The van der Waals surface area contributed by atoms with E-state index in [2.05, 4.69) is 16.2 Å². The number of hydrogen-bond acceptors (Lipinski definition) is 3. The molecule has 16 heavy (non-hydrogen) atoms. The van der Waals surface area contributed by atoms with Crippen molar-refractivity contribution >= 4 is 5.91 Å². The highest BCUT2D eigenvalue weighted by atomic mass is 16.1. The summed E-state index contributed by atoms with van der Waals surface area (Å²) in [5.74, 6) is 2.29. The number of hydrogen-bond donors (Lipinski definition) is 1. The van der Waals surface area contributed by atoms with Gasteiger partial charge in [-0.15, -0.1) is 6.42 Å². The number of amides is 1. The number of terminal acetylenes is 1. The van der Waals surface area contributed by atoms with Crippen molar-refractivity contribution in [1.82, 2.24) is 15.2 Å². The lowest BCUT2D eigenvalue weighted by Crippen LogP contribution is -2.35. The summed E-state index contributed by atoms with van der Waals surface area (Å²) in [6.07, 6.45) is 6.78. The molecule has 0 atom stereocenters. The molecule has 0 aliphatic rings. The van der Waals surface area contributed by atoms with E-state index in [1.807, 2.05) is 30.1 Å². The fraction of sp³-hybridized carbons (Fsp3) is 0.333. The molecular formula is C12H15N3O. The maximum absolute atomic E-state index is 11.3. The molecule has 84 valence electrons. The molecule has 0 aliphatic carbocycles. The number of nitrogens with zero attached hydrogens (tertiary/aromatic N) is 2. The molecule has 4 nitrogen and oxygen atoms in total. The quantitative estimate of drug-likeness (QED) is 0.720. The van der Waals surface area contributed by atoms with Gasteiger partial charge in [0.25, 0.3) is 0 Å². The van der Waals surface area contributed by atoms with Gasteiger partial charge < -0.3 is 5.32 Å². The summed E-state index contributed by atoms with van der Waals surface area (Å²) in [4.78, 5) is 17.4. The van der Waals surface area contributed by atoms with Crippen molar-refractivity contribution in [3.05, 3.63) is 30.1 Å². The van der Waals surface area contributed by atoms with Crippen LogP contribution in [0.5, 0.6) is 0 Å². The normalized spacial score (nSPS) is 9.81. The molecule has 0 fully saturated rings. The van der Waals surface area contributed by atoms with Crippen LogP contribution < -0.4 is 5.32 Å². The zero-order valence-electron chi connectivity index (χ0n) is 9.31. The molecule has 1 N–H and O–H groups in total. The molecule has 4 heteroatoms. The number of likely N-dealkylation sites (N-methyl/N-ethyl adjacent to an activating group) is 1. The maximum atomic E-state index is 11.3. The van der Waals surface area contributed by atoms with Gasteiger partial charge in [0.05, 0.1) is 18.8 Å². The van der Waals surface area contributed by atoms with Crippen LogP contribution in [0.15, 0.2) is 24.4 Å². The van der Waals surface area contributed by atoms with Crippen LogP contribution in [0.3, 0.4) is 0 Å². The second kappa shape index (κ2) is 6.59. The second-order valence-electron chi connectivity index (χ2n) is 3.47. The van der Waals surface area contributed by atoms with E-state index in [4.69, 9.17) is 6.42 Å². The van der Waals surface area contributed by atoms with Crippen LogP contribution in [0.4, 0.5) is 0 Å². The monoisotopic (exact) mass is 217 g/mol. The minimum absolute atomic E-state index is 0.0728. The van der Waals surface area contributed by atoms with E-state index in [9.17, 15) is 4.79 Å². The summed E-state index contributed by atoms with van der Waals surface area (Å²) < 4.78 is 0. The summed E-state index contributed by atoms with van der Waals surface area (Å²) in [5.41, 5.74) is 0.940. The third-order valence-electron chi connectivity index (χ3n) is 1.96. The zero-order chi connectivity index (χ0) is 11.8. The molecule has 1 aromatic heterocycles. The van der Waals surface area contributed by atoms with Gasteiger partial charge in [-0.2, -0.15) is 0 Å². The summed E-state index contributed by atoms with van der Waals surface area (Å²) in [5, 5.41) is 2.61. The van der Waals surface area contributed by atoms with Crippen molar-refractivity contribution in [1.29, 1.82) is 0 Å². The third-order valence-corrected chi connectivity index (χ3v) is 1.96. The van der Waals surface area contributed by atoms with Crippen molar-refractivity contribution in [2.75, 3.05) is 20.1 Å². The molecule has 0 bridgehead atoms. The predicted molar refractivity (Wildman–Crippen MR) is 62.4 cm³/mol. The largest absolute Gasteiger partial charge is 0.344 e. The van der Waals surface area contributed by atoms with Crippen molar-refractivity contribution in [2.24, 2.45) is 0 Å². The summed E-state index contributed by atoms with van der Waals surface area (Å²) in [6.45, 7) is 1.23. The Kier molecular flexibility index (Phi) is 5.03. The number of aromatic nitrogens is 1. The topological polar surface area (TPSA) is 45.2 Å². The van der Waals surface area contributed by atoms with Crippen LogP contribution in [-0.4, -0.2) is 35.9 Å². The van der Waals surface area contributed by atoms with E-state index in [0.717, 1.165) is 5.69 Å². The van der Waals surface area contributed by atoms with Gasteiger partial charge in [0, 0.05) is 12.7 Å². The molecule has 1 amide bonds. The summed E-state index contributed by atoms with van der Waals surface area (Å²) in [6, 6.07) is 5.72. The molecular weight excluding hydrogens is 202 g/mol. The molecule has 0 aromatic carbocycles. The van der Waals surface area contributed by atoms with E-state index in [0.29, 0.717) is 13.1 Å². The number of rotatable bonds is 5. The van der Waals surface area contributed by atoms with Gasteiger partial charge in [0.15, 0.2) is 0 Å². The van der Waals surface area contributed by atoms with Crippen LogP contribution in [-0.2, 0) is 11.3 Å². The Morgan fingerprint density at radius 1 is 1.62 bits per heavy atom. The average Bonchev–Trinajstić information content (AvgIpc) is 2.27. The van der Waals surface area contributed by atoms with Crippen LogP contribution in [0.1, 0.15) is 5.69 Å². The standard InChI is InChI=1S/C12H15N3O/c1-3-7-14-12(16)10-15(2)9-11-6-4-5-8-13-11/h1,4-6,8H,7,9-10H2,2H3,(H,14,16). The number of nitrogens with one attached hydrogen (secondary N) is 1. The minimum Gasteiger partial charge on any atom is -0.344 e. The summed E-state index contributed by atoms with van der Waals surface area (Å²) >= 11 is 0. The van der Waals surface area contributed by atoms with E-state index in [-0.39, 0.29) is 12.5 Å². The van der Waals surface area contributed by atoms with Gasteiger partial charge in [-0.25, -0.2) is 0 Å². The van der Waals surface area contributed by atoms with E-state index in [1.54, 1.807) is 6.20 Å². The van der Waals surface area contributed by atoms with Crippen LogP contribution in [0.25, 0.3) is 0 Å². The minimum atomic E-state index is -0.0728. The molecule has 0 saturated heterocycles. The Bertz CT molecular complexity index is 370. The number of carbonyl (C=O) groups is 1. The van der Waals surface area contributed by atoms with Crippen molar-refractivity contribution in [2.45, 2.75) is 6.54 Å². The lowest BCUT2D eigenvalue weighted by atomic mass is 10.3. The lowest BCUT2D eigenvalue weighted by Gasteiger charge is -2.14. The summed E-state index contributed by atoms with van der Waals surface area (Å²) in [7, 11) is 1.87. The number of pyridine rings is 1. The Morgan fingerprint density at radius 3 is 3.06 bits per heavy atom. The van der Waals surface area contributed by atoms with Gasteiger partial charge in [-0.1, -0.05) is 12.0 Å². The second-order valence-corrected chi connectivity index (χ2v) is 3.47. The van der Waals surface area contributed by atoms with Gasteiger partial charge in [-0.05, 0) is 19.2 Å². The Hall–Kier alpha value is -1.86. The van der Waals surface area contributed by atoms with Gasteiger partial charge >= 0.3 is 0 Å². The smallest absolute Gasteiger partial charge is 0.234 e. The lowest BCUT2D eigenvalue weighted by molar-refractivity contribution is -0.121. The Morgan fingerprint density at radius 2 is 2.44 bits per heavy atom. The predicted octanol–water partition coefficient (Wildman–Crippen LogP) is 0.263. The van der Waals surface area contributed by atoms with E-state index >= 15 is 0 Å². The average molecular weight is 217 g/mol. The molecule has 0 aliphatic heterocycles. The molecule has 1 aromatic rings. The first kappa shape index (κ1) is 12.2. The van der Waals surface area contributed by atoms with Crippen LogP contribution >= 0.6 is 0 Å². The first-order chi connectivity index (χ1) is 7.72. The van der Waals surface area contributed by atoms with E-state index < -0.39 is 0 Å². The van der Waals surface area contributed by atoms with E-state index in [1.165, 1.54) is 0 Å².